The number of methoxy groups -OCH3 is 1. The standard InChI is InChI=1S/C20H22N4O2/c1-25-18-7-3-2-5-16(18)13-19-22-20(15-8-11-26-12-9-15)24(23-19)17-6-4-10-21-14-17/h2-7,10,14-15H,8-9,11-13H2,1H3. The van der Waals surface area contributed by atoms with E-state index in [-0.39, 0.29) is 0 Å². The molecule has 0 spiro atoms. The van der Waals surface area contributed by atoms with E-state index in [9.17, 15) is 0 Å². The van der Waals surface area contributed by atoms with Crippen LogP contribution in [0, 0.1) is 0 Å². The maximum absolute atomic E-state index is 5.51. The number of hydrogen-bond donors (Lipinski definition) is 0. The number of aromatic nitrogens is 4. The van der Waals surface area contributed by atoms with Gasteiger partial charge >= 0.3 is 0 Å². The molecule has 4 rings (SSSR count). The summed E-state index contributed by atoms with van der Waals surface area (Å²) < 4.78 is 12.9. The molecule has 0 aliphatic carbocycles. The van der Waals surface area contributed by atoms with Crippen molar-refractivity contribution in [3.8, 4) is 11.4 Å². The van der Waals surface area contributed by atoms with Gasteiger partial charge in [0.25, 0.3) is 0 Å². The first kappa shape index (κ1) is 16.7. The zero-order chi connectivity index (χ0) is 17.8. The Morgan fingerprint density at radius 1 is 1.15 bits per heavy atom. The molecule has 3 heterocycles. The fourth-order valence-electron chi connectivity index (χ4n) is 3.35. The smallest absolute Gasteiger partial charge is 0.155 e. The summed E-state index contributed by atoms with van der Waals surface area (Å²) in [6.45, 7) is 1.54. The molecule has 6 heteroatoms. The van der Waals surface area contributed by atoms with Gasteiger partial charge in [0.1, 0.15) is 11.6 Å². The van der Waals surface area contributed by atoms with Crippen LogP contribution in [0.3, 0.4) is 0 Å². The van der Waals surface area contributed by atoms with Crippen LogP contribution in [0.5, 0.6) is 5.75 Å². The van der Waals surface area contributed by atoms with E-state index in [1.807, 2.05) is 41.2 Å². The van der Waals surface area contributed by atoms with E-state index in [1.54, 1.807) is 13.3 Å². The van der Waals surface area contributed by atoms with Crippen LogP contribution in [0.4, 0.5) is 0 Å². The lowest BCUT2D eigenvalue weighted by Gasteiger charge is -2.21. The number of benzene rings is 1. The topological polar surface area (TPSA) is 62.1 Å². The van der Waals surface area contributed by atoms with Gasteiger partial charge in [-0.15, -0.1) is 0 Å². The number of nitrogens with zero attached hydrogens (tertiary/aromatic N) is 4. The molecule has 1 aromatic carbocycles. The minimum Gasteiger partial charge on any atom is -0.496 e. The Hall–Kier alpha value is -2.73. The second-order valence-electron chi connectivity index (χ2n) is 6.38. The quantitative estimate of drug-likeness (QED) is 0.707. The van der Waals surface area contributed by atoms with Crippen molar-refractivity contribution in [2.45, 2.75) is 25.2 Å². The third kappa shape index (κ3) is 3.46. The van der Waals surface area contributed by atoms with Crippen molar-refractivity contribution < 1.29 is 9.47 Å². The van der Waals surface area contributed by atoms with E-state index in [1.165, 1.54) is 0 Å². The zero-order valence-electron chi connectivity index (χ0n) is 14.8. The molecule has 6 nitrogen and oxygen atoms in total. The highest BCUT2D eigenvalue weighted by molar-refractivity contribution is 5.36. The van der Waals surface area contributed by atoms with Crippen LogP contribution in [-0.4, -0.2) is 40.1 Å². The summed E-state index contributed by atoms with van der Waals surface area (Å²) in [7, 11) is 1.69. The Labute approximate surface area is 152 Å². The SMILES string of the molecule is COc1ccccc1Cc1nc(C2CCOCC2)n(-c2cccnc2)n1. The molecule has 0 atom stereocenters. The van der Waals surface area contributed by atoms with Crippen LogP contribution in [0.1, 0.15) is 36.0 Å². The molecule has 0 radical (unpaired) electrons. The highest BCUT2D eigenvalue weighted by atomic mass is 16.5. The largest absolute Gasteiger partial charge is 0.496 e. The fraction of sp³-hybridized carbons (Fsp3) is 0.350. The average molecular weight is 350 g/mol. The van der Waals surface area contributed by atoms with Crippen LogP contribution < -0.4 is 4.74 Å². The highest BCUT2D eigenvalue weighted by Crippen LogP contribution is 2.28. The molecule has 0 N–H and O–H groups in total. The maximum Gasteiger partial charge on any atom is 0.155 e. The van der Waals surface area contributed by atoms with Crippen molar-refractivity contribution in [1.29, 1.82) is 0 Å². The molecule has 0 unspecified atom stereocenters. The van der Waals surface area contributed by atoms with Gasteiger partial charge in [0.2, 0.25) is 0 Å². The predicted molar refractivity (Wildman–Crippen MR) is 97.7 cm³/mol. The Morgan fingerprint density at radius 3 is 2.77 bits per heavy atom. The molecule has 1 saturated heterocycles. The maximum atomic E-state index is 5.51. The Kier molecular flexibility index (Phi) is 4.93. The third-order valence-electron chi connectivity index (χ3n) is 4.69. The number of para-hydroxylation sites is 1. The van der Waals surface area contributed by atoms with Gasteiger partial charge in [0.15, 0.2) is 5.82 Å². The lowest BCUT2D eigenvalue weighted by atomic mass is 9.99. The van der Waals surface area contributed by atoms with Crippen molar-refractivity contribution in [1.82, 2.24) is 19.7 Å². The number of hydrogen-bond acceptors (Lipinski definition) is 5. The van der Waals surface area contributed by atoms with Crippen LogP contribution in [0.2, 0.25) is 0 Å². The molecule has 2 aromatic heterocycles. The molecule has 26 heavy (non-hydrogen) atoms. The van der Waals surface area contributed by atoms with Crippen molar-refractivity contribution in [3.63, 3.8) is 0 Å². The summed E-state index contributed by atoms with van der Waals surface area (Å²) in [5, 5.41) is 4.80. The molecule has 0 bridgehead atoms. The molecule has 1 aliphatic heterocycles. The van der Waals surface area contributed by atoms with Gasteiger partial charge in [-0.05, 0) is 31.0 Å². The third-order valence-corrected chi connectivity index (χ3v) is 4.69. The molecule has 1 fully saturated rings. The second kappa shape index (κ2) is 7.66. The number of pyridine rings is 1. The van der Waals surface area contributed by atoms with E-state index in [0.717, 1.165) is 54.7 Å². The Balaban J connectivity index is 1.71. The van der Waals surface area contributed by atoms with Gasteiger partial charge in [-0.2, -0.15) is 5.10 Å². The van der Waals surface area contributed by atoms with E-state index >= 15 is 0 Å². The Morgan fingerprint density at radius 2 is 2.00 bits per heavy atom. The summed E-state index contributed by atoms with van der Waals surface area (Å²) in [6.07, 6.45) is 6.16. The van der Waals surface area contributed by atoms with E-state index in [2.05, 4.69) is 11.1 Å². The number of ether oxygens (including phenoxy) is 2. The average Bonchev–Trinajstić information content (AvgIpc) is 3.13. The fourth-order valence-corrected chi connectivity index (χ4v) is 3.35. The van der Waals surface area contributed by atoms with Gasteiger partial charge in [-0.3, -0.25) is 4.98 Å². The highest BCUT2D eigenvalue weighted by Gasteiger charge is 2.24. The molecular formula is C20H22N4O2. The van der Waals surface area contributed by atoms with Gasteiger partial charge in [-0.25, -0.2) is 9.67 Å². The summed E-state index contributed by atoms with van der Waals surface area (Å²) >= 11 is 0. The van der Waals surface area contributed by atoms with Crippen molar-refractivity contribution in [3.05, 3.63) is 66.0 Å². The first-order valence-electron chi connectivity index (χ1n) is 8.91. The Bertz CT molecular complexity index is 857. The minimum absolute atomic E-state index is 0.350. The van der Waals surface area contributed by atoms with Crippen molar-refractivity contribution in [2.75, 3.05) is 20.3 Å². The molecule has 1 aliphatic rings. The second-order valence-corrected chi connectivity index (χ2v) is 6.38. The van der Waals surface area contributed by atoms with Crippen LogP contribution in [0.15, 0.2) is 48.8 Å². The lowest BCUT2D eigenvalue weighted by Crippen LogP contribution is -2.18. The first-order valence-corrected chi connectivity index (χ1v) is 8.91. The van der Waals surface area contributed by atoms with Gasteiger partial charge in [0.05, 0.1) is 19.0 Å². The minimum atomic E-state index is 0.350. The van der Waals surface area contributed by atoms with Gasteiger partial charge in [0, 0.05) is 37.3 Å². The molecule has 0 saturated carbocycles. The van der Waals surface area contributed by atoms with E-state index in [0.29, 0.717) is 12.3 Å². The van der Waals surface area contributed by atoms with Crippen LogP contribution in [0.25, 0.3) is 5.69 Å². The lowest BCUT2D eigenvalue weighted by molar-refractivity contribution is 0.0831. The molecule has 134 valence electrons. The zero-order valence-corrected chi connectivity index (χ0v) is 14.8. The summed E-state index contributed by atoms with van der Waals surface area (Å²) in [5.74, 6) is 2.99. The molecule has 0 amide bonds. The normalized spacial score (nSPS) is 15.1. The van der Waals surface area contributed by atoms with Gasteiger partial charge < -0.3 is 9.47 Å². The monoisotopic (exact) mass is 350 g/mol. The first-order chi connectivity index (χ1) is 12.8. The molecule has 3 aromatic rings. The summed E-state index contributed by atoms with van der Waals surface area (Å²) in [5.41, 5.74) is 2.02. The predicted octanol–water partition coefficient (Wildman–Crippen LogP) is 3.16. The van der Waals surface area contributed by atoms with E-state index in [4.69, 9.17) is 19.6 Å². The summed E-state index contributed by atoms with van der Waals surface area (Å²) in [4.78, 5) is 9.13. The van der Waals surface area contributed by atoms with E-state index < -0.39 is 0 Å². The van der Waals surface area contributed by atoms with Crippen molar-refractivity contribution in [2.24, 2.45) is 0 Å². The van der Waals surface area contributed by atoms with Gasteiger partial charge in [-0.1, -0.05) is 18.2 Å². The van der Waals surface area contributed by atoms with Crippen LogP contribution in [-0.2, 0) is 11.2 Å². The molecular weight excluding hydrogens is 328 g/mol. The van der Waals surface area contributed by atoms with Crippen LogP contribution >= 0.6 is 0 Å². The van der Waals surface area contributed by atoms with Crippen molar-refractivity contribution >= 4 is 0 Å². The number of rotatable bonds is 5. The summed E-state index contributed by atoms with van der Waals surface area (Å²) in [6, 6.07) is 11.9.